The van der Waals surface area contributed by atoms with E-state index >= 15 is 0 Å². The van der Waals surface area contributed by atoms with Gasteiger partial charge in [0.2, 0.25) is 5.91 Å². The summed E-state index contributed by atoms with van der Waals surface area (Å²) >= 11 is 0. The van der Waals surface area contributed by atoms with Gasteiger partial charge in [-0.15, -0.1) is 0 Å². The Hall–Kier alpha value is -1.49. The summed E-state index contributed by atoms with van der Waals surface area (Å²) < 4.78 is 0. The van der Waals surface area contributed by atoms with Crippen molar-refractivity contribution in [1.29, 1.82) is 0 Å². The standard InChI is InChI=1S/C11H13N3OS/c1-16(6-10(15)12-7-16)11-8-4-2-3-5-9(8)13-14-11/h2-5H,6-7H2,1H3,(H,12,15)(H,13,14). The second-order valence-electron chi connectivity index (χ2n) is 4.23. The molecular formula is C11H13N3OS. The molecule has 5 heteroatoms. The minimum Gasteiger partial charge on any atom is -0.347 e. The van der Waals surface area contributed by atoms with Gasteiger partial charge in [-0.2, -0.15) is 15.1 Å². The van der Waals surface area contributed by atoms with Crippen molar-refractivity contribution in [3.63, 3.8) is 0 Å². The molecule has 3 rings (SSSR count). The number of rotatable bonds is 1. The molecule has 0 aliphatic carbocycles. The Morgan fingerprint density at radius 2 is 2.19 bits per heavy atom. The number of fused-ring (bicyclic) bond motifs is 1. The van der Waals surface area contributed by atoms with E-state index in [9.17, 15) is 4.79 Å². The van der Waals surface area contributed by atoms with Crippen LogP contribution in [0.1, 0.15) is 0 Å². The van der Waals surface area contributed by atoms with E-state index in [-0.39, 0.29) is 5.91 Å². The quantitative estimate of drug-likeness (QED) is 0.786. The van der Waals surface area contributed by atoms with Crippen LogP contribution in [-0.4, -0.2) is 34.0 Å². The van der Waals surface area contributed by atoms with Gasteiger partial charge in [0.05, 0.1) is 22.2 Å². The molecule has 2 N–H and O–H groups in total. The molecule has 84 valence electrons. The lowest BCUT2D eigenvalue weighted by Gasteiger charge is -2.26. The lowest BCUT2D eigenvalue weighted by atomic mass is 10.3. The van der Waals surface area contributed by atoms with Crippen molar-refractivity contribution >= 4 is 26.8 Å². The molecule has 0 saturated carbocycles. The van der Waals surface area contributed by atoms with E-state index in [2.05, 4.69) is 27.8 Å². The number of aromatic nitrogens is 2. The van der Waals surface area contributed by atoms with E-state index in [1.807, 2.05) is 18.2 Å². The van der Waals surface area contributed by atoms with Crippen LogP contribution in [0.2, 0.25) is 0 Å². The molecule has 16 heavy (non-hydrogen) atoms. The van der Waals surface area contributed by atoms with E-state index in [0.717, 1.165) is 21.8 Å². The van der Waals surface area contributed by atoms with Crippen molar-refractivity contribution < 1.29 is 4.79 Å². The fourth-order valence-electron chi connectivity index (χ4n) is 2.09. The summed E-state index contributed by atoms with van der Waals surface area (Å²) in [5.74, 6) is 1.52. The van der Waals surface area contributed by atoms with Gasteiger partial charge in [0.25, 0.3) is 0 Å². The van der Waals surface area contributed by atoms with Gasteiger partial charge in [0.15, 0.2) is 0 Å². The Balaban J connectivity index is 2.16. The Labute approximate surface area is 94.7 Å². The number of benzene rings is 1. The summed E-state index contributed by atoms with van der Waals surface area (Å²) in [4.78, 5) is 11.4. The van der Waals surface area contributed by atoms with Crippen LogP contribution in [0.4, 0.5) is 0 Å². The van der Waals surface area contributed by atoms with Crippen molar-refractivity contribution in [2.45, 2.75) is 5.03 Å². The molecule has 4 nitrogen and oxygen atoms in total. The van der Waals surface area contributed by atoms with Crippen molar-refractivity contribution in [2.75, 3.05) is 17.9 Å². The molecule has 2 aromatic rings. The number of amides is 1. The summed E-state index contributed by atoms with van der Waals surface area (Å²) in [6.45, 7) is 0. The first kappa shape index (κ1) is 9.72. The van der Waals surface area contributed by atoms with E-state index in [0.29, 0.717) is 5.75 Å². The molecule has 0 radical (unpaired) electrons. The highest BCUT2D eigenvalue weighted by Gasteiger charge is 2.33. The zero-order valence-electron chi connectivity index (χ0n) is 8.99. The van der Waals surface area contributed by atoms with Crippen LogP contribution in [0.5, 0.6) is 0 Å². The second kappa shape index (κ2) is 3.25. The lowest BCUT2D eigenvalue weighted by molar-refractivity contribution is -0.117. The Morgan fingerprint density at radius 3 is 2.94 bits per heavy atom. The smallest absolute Gasteiger partial charge is 0.229 e. The zero-order chi connectivity index (χ0) is 11.2. The number of nitrogens with one attached hydrogen (secondary N) is 2. The Kier molecular flexibility index (Phi) is 1.97. The zero-order valence-corrected chi connectivity index (χ0v) is 9.80. The molecule has 1 aromatic carbocycles. The van der Waals surface area contributed by atoms with Crippen molar-refractivity contribution in [1.82, 2.24) is 15.5 Å². The normalized spacial score (nSPS) is 28.9. The monoisotopic (exact) mass is 235 g/mol. The van der Waals surface area contributed by atoms with Crippen LogP contribution in [-0.2, 0) is 4.79 Å². The highest BCUT2D eigenvalue weighted by atomic mass is 32.3. The maximum absolute atomic E-state index is 11.4. The van der Waals surface area contributed by atoms with Gasteiger partial charge in [-0.3, -0.25) is 9.89 Å². The molecule has 1 atom stereocenters. The maximum atomic E-state index is 11.4. The summed E-state index contributed by atoms with van der Waals surface area (Å²) in [5.41, 5.74) is 0.977. The molecule has 0 bridgehead atoms. The number of aromatic amines is 1. The largest absolute Gasteiger partial charge is 0.347 e. The fourth-order valence-corrected chi connectivity index (χ4v) is 4.61. The number of carbonyl (C=O) groups excluding carboxylic acids is 1. The molecule has 1 unspecified atom stereocenters. The Morgan fingerprint density at radius 1 is 1.38 bits per heavy atom. The van der Waals surface area contributed by atoms with Crippen LogP contribution in [0.15, 0.2) is 29.3 Å². The molecule has 2 heterocycles. The number of para-hydroxylation sites is 1. The van der Waals surface area contributed by atoms with Crippen molar-refractivity contribution in [2.24, 2.45) is 0 Å². The van der Waals surface area contributed by atoms with Crippen LogP contribution in [0.25, 0.3) is 10.9 Å². The average molecular weight is 235 g/mol. The van der Waals surface area contributed by atoms with Crippen molar-refractivity contribution in [3.05, 3.63) is 24.3 Å². The minimum atomic E-state index is -1.09. The van der Waals surface area contributed by atoms with Crippen LogP contribution >= 0.6 is 10.0 Å². The topological polar surface area (TPSA) is 57.8 Å². The highest BCUT2D eigenvalue weighted by molar-refractivity contribution is 8.34. The molecule has 1 aliphatic heterocycles. The lowest BCUT2D eigenvalue weighted by Crippen LogP contribution is -2.14. The van der Waals surface area contributed by atoms with Gasteiger partial charge in [-0.1, -0.05) is 18.2 Å². The molecule has 1 amide bonds. The molecule has 0 spiro atoms. The predicted octanol–water partition coefficient (Wildman–Crippen LogP) is 1.44. The third-order valence-corrected chi connectivity index (χ3v) is 5.93. The molecule has 1 aromatic heterocycles. The van der Waals surface area contributed by atoms with Crippen LogP contribution < -0.4 is 5.32 Å². The van der Waals surface area contributed by atoms with Gasteiger partial charge in [-0.05, 0) is 12.3 Å². The van der Waals surface area contributed by atoms with Gasteiger partial charge >= 0.3 is 0 Å². The molecule has 1 fully saturated rings. The SMILES string of the molecule is CS1(c2[nH]nc3ccccc23)CNC(=O)C1. The van der Waals surface area contributed by atoms with Crippen molar-refractivity contribution in [3.8, 4) is 0 Å². The first-order chi connectivity index (χ1) is 7.69. The third-order valence-electron chi connectivity index (χ3n) is 2.96. The summed E-state index contributed by atoms with van der Waals surface area (Å²) in [5, 5.41) is 12.6. The minimum absolute atomic E-state index is 0.149. The number of nitrogens with zero attached hydrogens (tertiary/aromatic N) is 1. The highest BCUT2D eigenvalue weighted by Crippen LogP contribution is 2.54. The predicted molar refractivity (Wildman–Crippen MR) is 65.8 cm³/mol. The maximum Gasteiger partial charge on any atom is 0.229 e. The fraction of sp³-hybridized carbons (Fsp3) is 0.273. The molecular weight excluding hydrogens is 222 g/mol. The van der Waals surface area contributed by atoms with E-state index in [1.165, 1.54) is 0 Å². The van der Waals surface area contributed by atoms with Crippen LogP contribution in [0.3, 0.4) is 0 Å². The van der Waals surface area contributed by atoms with Gasteiger partial charge in [0, 0.05) is 5.39 Å². The van der Waals surface area contributed by atoms with E-state index in [4.69, 9.17) is 0 Å². The van der Waals surface area contributed by atoms with Crippen LogP contribution in [0, 0.1) is 0 Å². The first-order valence-electron chi connectivity index (χ1n) is 5.13. The van der Waals surface area contributed by atoms with Gasteiger partial charge < -0.3 is 5.32 Å². The number of carbonyl (C=O) groups is 1. The first-order valence-corrected chi connectivity index (χ1v) is 7.50. The number of hydrogen-bond donors (Lipinski definition) is 2. The molecule has 1 saturated heterocycles. The van der Waals surface area contributed by atoms with Gasteiger partial charge in [-0.25, -0.2) is 0 Å². The third kappa shape index (κ3) is 1.31. The summed E-state index contributed by atoms with van der Waals surface area (Å²) in [6.07, 6.45) is 2.17. The molecule has 1 aliphatic rings. The van der Waals surface area contributed by atoms with E-state index < -0.39 is 10.0 Å². The summed E-state index contributed by atoms with van der Waals surface area (Å²) in [7, 11) is -1.09. The number of H-pyrrole nitrogens is 1. The second-order valence-corrected chi connectivity index (χ2v) is 7.77. The summed E-state index contributed by atoms with van der Waals surface area (Å²) in [6, 6.07) is 8.04. The average Bonchev–Trinajstić information content (AvgIpc) is 2.83. The number of hydrogen-bond acceptors (Lipinski definition) is 2. The van der Waals surface area contributed by atoms with E-state index in [1.54, 1.807) is 0 Å². The Bertz CT molecular complexity index is 565. The van der Waals surface area contributed by atoms with Gasteiger partial charge in [0.1, 0.15) is 0 Å².